The maximum atomic E-state index is 11.8. The van der Waals surface area contributed by atoms with Crippen molar-refractivity contribution < 1.29 is 9.90 Å². The summed E-state index contributed by atoms with van der Waals surface area (Å²) in [5.74, 6) is -0.209. The van der Waals surface area contributed by atoms with E-state index in [2.05, 4.69) is 15.5 Å². The highest BCUT2D eigenvalue weighted by atomic mass is 16.3. The zero-order valence-corrected chi connectivity index (χ0v) is 9.29. The van der Waals surface area contributed by atoms with Crippen LogP contribution in [0.15, 0.2) is 6.20 Å². The molecule has 1 atom stereocenters. The smallest absolute Gasteiger partial charge is 0.255 e. The van der Waals surface area contributed by atoms with Gasteiger partial charge >= 0.3 is 0 Å². The fourth-order valence-electron chi connectivity index (χ4n) is 1.16. The fraction of sp³-hybridized carbons (Fsp3) is 0.600. The van der Waals surface area contributed by atoms with Crippen LogP contribution in [0.2, 0.25) is 0 Å². The number of rotatable bonds is 4. The van der Waals surface area contributed by atoms with Crippen LogP contribution in [0.5, 0.6) is 0 Å². The summed E-state index contributed by atoms with van der Waals surface area (Å²) in [7, 11) is 0. The van der Waals surface area contributed by atoms with Crippen molar-refractivity contribution in [3.05, 3.63) is 17.5 Å². The summed E-state index contributed by atoms with van der Waals surface area (Å²) in [6.45, 7) is 5.43. The molecule has 0 saturated heterocycles. The Balaban J connectivity index is 2.76. The third-order valence-electron chi connectivity index (χ3n) is 2.62. The molecule has 1 heterocycles. The van der Waals surface area contributed by atoms with Gasteiger partial charge in [0.15, 0.2) is 0 Å². The SMILES string of the molecule is CCC(C)(CO)NC(=O)c1cn[nH]c1C. The van der Waals surface area contributed by atoms with E-state index >= 15 is 0 Å². The molecule has 15 heavy (non-hydrogen) atoms. The maximum Gasteiger partial charge on any atom is 0.255 e. The van der Waals surface area contributed by atoms with Crippen molar-refractivity contribution in [2.75, 3.05) is 6.61 Å². The molecule has 0 saturated carbocycles. The summed E-state index contributed by atoms with van der Waals surface area (Å²) in [6.07, 6.45) is 2.16. The molecule has 5 nitrogen and oxygen atoms in total. The largest absolute Gasteiger partial charge is 0.394 e. The number of aliphatic hydroxyl groups excluding tert-OH is 1. The van der Waals surface area contributed by atoms with Crippen LogP contribution in [0.4, 0.5) is 0 Å². The minimum absolute atomic E-state index is 0.0772. The number of aromatic amines is 1. The van der Waals surface area contributed by atoms with Crippen molar-refractivity contribution in [2.24, 2.45) is 0 Å². The first kappa shape index (κ1) is 11.7. The van der Waals surface area contributed by atoms with Gasteiger partial charge in [0, 0.05) is 5.69 Å². The van der Waals surface area contributed by atoms with Crippen molar-refractivity contribution in [2.45, 2.75) is 32.7 Å². The minimum atomic E-state index is -0.569. The molecule has 0 bridgehead atoms. The molecule has 0 aliphatic rings. The lowest BCUT2D eigenvalue weighted by Crippen LogP contribution is -2.48. The van der Waals surface area contributed by atoms with Crippen molar-refractivity contribution >= 4 is 5.91 Å². The molecule has 0 aliphatic heterocycles. The highest BCUT2D eigenvalue weighted by molar-refractivity contribution is 5.95. The summed E-state index contributed by atoms with van der Waals surface area (Å²) in [5.41, 5.74) is 0.674. The zero-order valence-electron chi connectivity index (χ0n) is 9.29. The highest BCUT2D eigenvalue weighted by Crippen LogP contribution is 2.10. The van der Waals surface area contributed by atoms with E-state index in [1.54, 1.807) is 13.8 Å². The zero-order chi connectivity index (χ0) is 11.5. The number of aryl methyl sites for hydroxylation is 1. The second-order valence-corrected chi connectivity index (χ2v) is 3.94. The van der Waals surface area contributed by atoms with Gasteiger partial charge in [0.05, 0.1) is 23.9 Å². The first-order valence-electron chi connectivity index (χ1n) is 4.96. The number of hydrogen-bond donors (Lipinski definition) is 3. The van der Waals surface area contributed by atoms with Gasteiger partial charge in [0.25, 0.3) is 5.91 Å². The number of H-pyrrole nitrogens is 1. The summed E-state index contributed by atoms with van der Waals surface area (Å²) < 4.78 is 0. The number of carbonyl (C=O) groups is 1. The molecule has 1 aromatic heterocycles. The molecule has 1 amide bonds. The summed E-state index contributed by atoms with van der Waals surface area (Å²) in [6, 6.07) is 0. The van der Waals surface area contributed by atoms with E-state index in [-0.39, 0.29) is 12.5 Å². The number of hydrogen-bond acceptors (Lipinski definition) is 3. The van der Waals surface area contributed by atoms with E-state index in [0.29, 0.717) is 12.0 Å². The summed E-state index contributed by atoms with van der Waals surface area (Å²) in [4.78, 5) is 11.8. The van der Waals surface area contributed by atoms with Crippen LogP contribution in [-0.4, -0.2) is 33.4 Å². The van der Waals surface area contributed by atoms with Crippen molar-refractivity contribution in [1.29, 1.82) is 0 Å². The number of carbonyl (C=O) groups excluding carboxylic acids is 1. The van der Waals surface area contributed by atoms with Crippen LogP contribution in [0, 0.1) is 6.92 Å². The molecule has 0 aromatic carbocycles. The lowest BCUT2D eigenvalue weighted by molar-refractivity contribution is 0.0847. The van der Waals surface area contributed by atoms with E-state index in [1.807, 2.05) is 6.92 Å². The molecule has 84 valence electrons. The van der Waals surface area contributed by atoms with E-state index in [1.165, 1.54) is 6.20 Å². The van der Waals surface area contributed by atoms with Gasteiger partial charge in [-0.25, -0.2) is 0 Å². The van der Waals surface area contributed by atoms with Gasteiger partial charge in [0.1, 0.15) is 0 Å². The van der Waals surface area contributed by atoms with Crippen LogP contribution in [0.3, 0.4) is 0 Å². The molecule has 0 spiro atoms. The fourth-order valence-corrected chi connectivity index (χ4v) is 1.16. The molecule has 0 aliphatic carbocycles. The molecule has 0 radical (unpaired) electrons. The number of aromatic nitrogens is 2. The molecular weight excluding hydrogens is 194 g/mol. The average Bonchev–Trinajstić information content (AvgIpc) is 2.64. The van der Waals surface area contributed by atoms with E-state index in [0.717, 1.165) is 5.69 Å². The van der Waals surface area contributed by atoms with Gasteiger partial charge in [-0.15, -0.1) is 0 Å². The number of nitrogens with zero attached hydrogens (tertiary/aromatic N) is 1. The second kappa shape index (κ2) is 4.44. The van der Waals surface area contributed by atoms with Gasteiger partial charge in [-0.05, 0) is 20.3 Å². The molecule has 0 fully saturated rings. The van der Waals surface area contributed by atoms with Crippen molar-refractivity contribution in [1.82, 2.24) is 15.5 Å². The second-order valence-electron chi connectivity index (χ2n) is 3.94. The number of nitrogens with one attached hydrogen (secondary N) is 2. The van der Waals surface area contributed by atoms with Gasteiger partial charge in [0.2, 0.25) is 0 Å². The molecular formula is C10H17N3O2. The topological polar surface area (TPSA) is 78.0 Å². The average molecular weight is 211 g/mol. The molecule has 1 unspecified atom stereocenters. The van der Waals surface area contributed by atoms with Gasteiger partial charge < -0.3 is 10.4 Å². The normalized spacial score (nSPS) is 14.7. The van der Waals surface area contributed by atoms with Gasteiger partial charge in [-0.1, -0.05) is 6.92 Å². The predicted octanol–water partition coefficient (Wildman–Crippen LogP) is 0.609. The summed E-state index contributed by atoms with van der Waals surface area (Å²) in [5, 5.41) is 18.4. The highest BCUT2D eigenvalue weighted by Gasteiger charge is 2.24. The van der Waals surface area contributed by atoms with Gasteiger partial charge in [-0.2, -0.15) is 5.10 Å². The third-order valence-corrected chi connectivity index (χ3v) is 2.62. The standard InChI is InChI=1S/C10H17N3O2/c1-4-10(3,6-14)12-9(15)8-5-11-13-7(8)2/h5,14H,4,6H2,1-3H3,(H,11,13)(H,12,15). The lowest BCUT2D eigenvalue weighted by atomic mass is 10.00. The Kier molecular flexibility index (Phi) is 3.47. The van der Waals surface area contributed by atoms with E-state index < -0.39 is 5.54 Å². The van der Waals surface area contributed by atoms with Crippen LogP contribution in [-0.2, 0) is 0 Å². The molecule has 1 rings (SSSR count). The maximum absolute atomic E-state index is 11.8. The number of amides is 1. The summed E-state index contributed by atoms with van der Waals surface area (Å²) >= 11 is 0. The Hall–Kier alpha value is -1.36. The predicted molar refractivity (Wildman–Crippen MR) is 56.6 cm³/mol. The van der Waals surface area contributed by atoms with Crippen LogP contribution < -0.4 is 5.32 Å². The van der Waals surface area contributed by atoms with Crippen molar-refractivity contribution in [3.8, 4) is 0 Å². The Morgan fingerprint density at radius 1 is 1.73 bits per heavy atom. The monoisotopic (exact) mass is 211 g/mol. The quantitative estimate of drug-likeness (QED) is 0.682. The van der Waals surface area contributed by atoms with Crippen molar-refractivity contribution in [3.63, 3.8) is 0 Å². The Morgan fingerprint density at radius 2 is 2.40 bits per heavy atom. The minimum Gasteiger partial charge on any atom is -0.394 e. The Bertz CT molecular complexity index is 342. The third kappa shape index (κ3) is 2.56. The lowest BCUT2D eigenvalue weighted by Gasteiger charge is -2.26. The molecule has 5 heteroatoms. The van der Waals surface area contributed by atoms with E-state index in [9.17, 15) is 4.79 Å². The van der Waals surface area contributed by atoms with Crippen LogP contribution >= 0.6 is 0 Å². The van der Waals surface area contributed by atoms with Crippen LogP contribution in [0.1, 0.15) is 36.3 Å². The Morgan fingerprint density at radius 3 is 2.80 bits per heavy atom. The first-order chi connectivity index (χ1) is 7.02. The van der Waals surface area contributed by atoms with Gasteiger partial charge in [-0.3, -0.25) is 9.89 Å². The first-order valence-corrected chi connectivity index (χ1v) is 4.96. The Labute approximate surface area is 88.9 Å². The van der Waals surface area contributed by atoms with E-state index in [4.69, 9.17) is 5.11 Å². The van der Waals surface area contributed by atoms with Crippen LogP contribution in [0.25, 0.3) is 0 Å². The molecule has 3 N–H and O–H groups in total. The molecule has 1 aromatic rings. The number of aliphatic hydroxyl groups is 1.